The maximum absolute atomic E-state index is 12.1. The van der Waals surface area contributed by atoms with Crippen LogP contribution in [0.3, 0.4) is 0 Å². The molecule has 0 aliphatic heterocycles. The SMILES string of the molecule is O=C(N[C@]12CCC[C@H](C[C@H]1CO)C2)OCc1ccccc1. The summed E-state index contributed by atoms with van der Waals surface area (Å²) in [6.07, 6.45) is 4.95. The van der Waals surface area contributed by atoms with Crippen molar-refractivity contribution in [3.05, 3.63) is 35.9 Å². The van der Waals surface area contributed by atoms with Gasteiger partial charge in [0.05, 0.1) is 0 Å². The van der Waals surface area contributed by atoms with Crippen molar-refractivity contribution in [3.8, 4) is 0 Å². The molecule has 4 heteroatoms. The Morgan fingerprint density at radius 2 is 2.19 bits per heavy atom. The van der Waals surface area contributed by atoms with Gasteiger partial charge in [-0.25, -0.2) is 4.79 Å². The van der Waals surface area contributed by atoms with Gasteiger partial charge in [-0.05, 0) is 30.7 Å². The lowest BCUT2D eigenvalue weighted by molar-refractivity contribution is 0.0965. The summed E-state index contributed by atoms with van der Waals surface area (Å²) in [4.78, 5) is 12.1. The molecule has 2 bridgehead atoms. The number of carbonyl (C=O) groups excluding carboxylic acids is 1. The number of hydrogen-bond donors (Lipinski definition) is 2. The van der Waals surface area contributed by atoms with Gasteiger partial charge in [0.25, 0.3) is 0 Å². The first-order valence-electron chi connectivity index (χ1n) is 7.81. The molecule has 2 saturated carbocycles. The van der Waals surface area contributed by atoms with E-state index in [2.05, 4.69) is 5.32 Å². The molecule has 1 aromatic carbocycles. The number of rotatable bonds is 4. The van der Waals surface area contributed by atoms with Gasteiger partial charge in [0.2, 0.25) is 0 Å². The highest BCUT2D eigenvalue weighted by molar-refractivity contribution is 5.68. The van der Waals surface area contributed by atoms with Crippen molar-refractivity contribution in [2.24, 2.45) is 11.8 Å². The topological polar surface area (TPSA) is 58.6 Å². The highest BCUT2D eigenvalue weighted by atomic mass is 16.5. The van der Waals surface area contributed by atoms with Crippen molar-refractivity contribution in [1.29, 1.82) is 0 Å². The molecule has 21 heavy (non-hydrogen) atoms. The number of ether oxygens (including phenoxy) is 1. The van der Waals surface area contributed by atoms with Crippen LogP contribution in [0.15, 0.2) is 30.3 Å². The number of hydrogen-bond acceptors (Lipinski definition) is 3. The molecule has 3 rings (SSSR count). The molecule has 2 aliphatic rings. The van der Waals surface area contributed by atoms with Crippen molar-refractivity contribution in [2.45, 2.75) is 44.2 Å². The van der Waals surface area contributed by atoms with E-state index < -0.39 is 0 Å². The van der Waals surface area contributed by atoms with E-state index in [1.807, 2.05) is 30.3 Å². The smallest absolute Gasteiger partial charge is 0.407 e. The van der Waals surface area contributed by atoms with Crippen LogP contribution in [0.1, 0.15) is 37.7 Å². The summed E-state index contributed by atoms with van der Waals surface area (Å²) in [5.41, 5.74) is 0.739. The van der Waals surface area contributed by atoms with Crippen molar-refractivity contribution in [2.75, 3.05) is 6.61 Å². The Hall–Kier alpha value is -1.55. The van der Waals surface area contributed by atoms with E-state index in [9.17, 15) is 9.90 Å². The summed E-state index contributed by atoms with van der Waals surface area (Å²) in [7, 11) is 0. The Labute approximate surface area is 125 Å². The summed E-state index contributed by atoms with van der Waals surface area (Å²) < 4.78 is 5.34. The molecule has 1 amide bonds. The summed E-state index contributed by atoms with van der Waals surface area (Å²) in [6, 6.07) is 9.68. The predicted octanol–water partition coefficient (Wildman–Crippen LogP) is 2.85. The Bertz CT molecular complexity index is 490. The van der Waals surface area contributed by atoms with Gasteiger partial charge in [-0.15, -0.1) is 0 Å². The second kappa shape index (κ2) is 6.06. The molecule has 2 aliphatic carbocycles. The third-order valence-corrected chi connectivity index (χ3v) is 5.07. The van der Waals surface area contributed by atoms with Crippen LogP contribution in [0.5, 0.6) is 0 Å². The van der Waals surface area contributed by atoms with Crippen LogP contribution in [0.4, 0.5) is 4.79 Å². The van der Waals surface area contributed by atoms with E-state index >= 15 is 0 Å². The second-order valence-electron chi connectivity index (χ2n) is 6.42. The number of fused-ring (bicyclic) bond motifs is 2. The monoisotopic (exact) mass is 289 g/mol. The maximum atomic E-state index is 12.1. The van der Waals surface area contributed by atoms with Crippen molar-refractivity contribution in [3.63, 3.8) is 0 Å². The molecular weight excluding hydrogens is 266 g/mol. The van der Waals surface area contributed by atoms with E-state index in [-0.39, 0.29) is 30.8 Å². The van der Waals surface area contributed by atoms with Crippen LogP contribution >= 0.6 is 0 Å². The van der Waals surface area contributed by atoms with E-state index in [1.165, 1.54) is 6.42 Å². The number of amides is 1. The molecule has 0 radical (unpaired) electrons. The zero-order chi connectivity index (χ0) is 14.7. The van der Waals surface area contributed by atoms with Crippen LogP contribution in [0, 0.1) is 11.8 Å². The predicted molar refractivity (Wildman–Crippen MR) is 79.6 cm³/mol. The Kier molecular flexibility index (Phi) is 4.15. The third-order valence-electron chi connectivity index (χ3n) is 5.07. The number of carbonyl (C=O) groups is 1. The first-order chi connectivity index (χ1) is 10.2. The van der Waals surface area contributed by atoms with E-state index in [0.717, 1.165) is 31.2 Å². The minimum atomic E-state index is -0.361. The number of alkyl carbamates (subject to hydrolysis) is 1. The number of benzene rings is 1. The highest BCUT2D eigenvalue weighted by Gasteiger charge is 2.50. The van der Waals surface area contributed by atoms with Crippen LogP contribution in [0.2, 0.25) is 0 Å². The van der Waals surface area contributed by atoms with Gasteiger partial charge in [-0.2, -0.15) is 0 Å². The largest absolute Gasteiger partial charge is 0.445 e. The van der Waals surface area contributed by atoms with Crippen molar-refractivity contribution in [1.82, 2.24) is 5.32 Å². The second-order valence-corrected chi connectivity index (χ2v) is 6.42. The molecule has 114 valence electrons. The summed E-state index contributed by atoms with van der Waals surface area (Å²) >= 11 is 0. The molecule has 0 heterocycles. The zero-order valence-electron chi connectivity index (χ0n) is 12.3. The molecule has 3 atom stereocenters. The van der Waals surface area contributed by atoms with E-state index in [4.69, 9.17) is 4.74 Å². The molecule has 0 spiro atoms. The van der Waals surface area contributed by atoms with Gasteiger partial charge in [-0.3, -0.25) is 0 Å². The van der Waals surface area contributed by atoms with Gasteiger partial charge < -0.3 is 15.2 Å². The molecule has 2 N–H and O–H groups in total. The highest BCUT2D eigenvalue weighted by Crippen LogP contribution is 2.48. The van der Waals surface area contributed by atoms with Gasteiger partial charge >= 0.3 is 6.09 Å². The van der Waals surface area contributed by atoms with Gasteiger partial charge in [0.15, 0.2) is 0 Å². The number of aliphatic hydroxyl groups is 1. The molecular formula is C17H23NO3. The quantitative estimate of drug-likeness (QED) is 0.896. The van der Waals surface area contributed by atoms with Gasteiger partial charge in [0.1, 0.15) is 6.61 Å². The lowest BCUT2D eigenvalue weighted by Crippen LogP contribution is -2.53. The van der Waals surface area contributed by atoms with Crippen LogP contribution in [-0.2, 0) is 11.3 Å². The van der Waals surface area contributed by atoms with E-state index in [1.54, 1.807) is 0 Å². The normalized spacial score (nSPS) is 30.9. The lowest BCUT2D eigenvalue weighted by Gasteiger charge is -2.37. The average Bonchev–Trinajstić information content (AvgIpc) is 2.75. The zero-order valence-corrected chi connectivity index (χ0v) is 12.3. The number of aliphatic hydroxyl groups excluding tert-OH is 1. The third kappa shape index (κ3) is 3.05. The average molecular weight is 289 g/mol. The molecule has 2 fully saturated rings. The van der Waals surface area contributed by atoms with Crippen LogP contribution < -0.4 is 5.32 Å². The van der Waals surface area contributed by atoms with Crippen molar-refractivity contribution < 1.29 is 14.6 Å². The molecule has 0 unspecified atom stereocenters. The Balaban J connectivity index is 1.58. The first kappa shape index (κ1) is 14.4. The minimum Gasteiger partial charge on any atom is -0.445 e. The molecule has 1 aromatic rings. The lowest BCUT2D eigenvalue weighted by atomic mass is 9.79. The summed E-state index contributed by atoms with van der Waals surface area (Å²) in [5.74, 6) is 0.819. The summed E-state index contributed by atoms with van der Waals surface area (Å²) in [6.45, 7) is 0.436. The summed E-state index contributed by atoms with van der Waals surface area (Å²) in [5, 5.41) is 12.7. The molecule has 0 aromatic heterocycles. The fourth-order valence-corrected chi connectivity index (χ4v) is 4.05. The maximum Gasteiger partial charge on any atom is 0.407 e. The van der Waals surface area contributed by atoms with Gasteiger partial charge in [0, 0.05) is 18.1 Å². The molecule has 0 saturated heterocycles. The minimum absolute atomic E-state index is 0.148. The first-order valence-corrected chi connectivity index (χ1v) is 7.81. The molecule has 4 nitrogen and oxygen atoms in total. The van der Waals surface area contributed by atoms with Crippen LogP contribution in [-0.4, -0.2) is 23.3 Å². The van der Waals surface area contributed by atoms with Crippen LogP contribution in [0.25, 0.3) is 0 Å². The standard InChI is InChI=1S/C17H23NO3/c19-11-15-9-14-7-4-8-17(15,10-14)18-16(20)21-12-13-5-2-1-3-6-13/h1-3,5-6,14-15,19H,4,7-12H2,(H,18,20)/t14-,15+,17+/m1/s1. The van der Waals surface area contributed by atoms with Gasteiger partial charge in [-0.1, -0.05) is 43.2 Å². The Morgan fingerprint density at radius 1 is 1.38 bits per heavy atom. The fraction of sp³-hybridized carbons (Fsp3) is 0.588. The Morgan fingerprint density at radius 3 is 2.95 bits per heavy atom. The van der Waals surface area contributed by atoms with Crippen molar-refractivity contribution >= 4 is 6.09 Å². The fourth-order valence-electron chi connectivity index (χ4n) is 4.05. The number of nitrogens with one attached hydrogen (secondary N) is 1. The van der Waals surface area contributed by atoms with E-state index in [0.29, 0.717) is 5.92 Å².